The Labute approximate surface area is 169 Å². The van der Waals surface area contributed by atoms with E-state index in [1.54, 1.807) is 5.57 Å². The number of nitrogens with zero attached hydrogens (tertiary/aromatic N) is 3. The highest BCUT2D eigenvalue weighted by molar-refractivity contribution is 14.0. The quantitative estimate of drug-likeness (QED) is 0.284. The molecular weight excluding hydrogens is 425 g/mol. The van der Waals surface area contributed by atoms with Crippen LogP contribution in [0.2, 0.25) is 0 Å². The molecule has 140 valence electrons. The largest absolute Gasteiger partial charge is 0.363 e. The van der Waals surface area contributed by atoms with Gasteiger partial charge in [-0.25, -0.2) is 9.98 Å². The first kappa shape index (κ1) is 21.7. The summed E-state index contributed by atoms with van der Waals surface area (Å²) >= 11 is 0. The lowest BCUT2D eigenvalue weighted by molar-refractivity contribution is 0.665. The van der Waals surface area contributed by atoms with Crippen molar-refractivity contribution in [2.75, 3.05) is 32.1 Å². The predicted molar refractivity (Wildman–Crippen MR) is 118 cm³/mol. The molecule has 1 aliphatic rings. The number of allylic oxidation sites excluding steroid dienone is 1. The Hall–Kier alpha value is -1.31. The third-order valence-electron chi connectivity index (χ3n) is 4.12. The van der Waals surface area contributed by atoms with Crippen LogP contribution in [0, 0.1) is 0 Å². The highest BCUT2D eigenvalue weighted by Crippen LogP contribution is 2.19. The van der Waals surface area contributed by atoms with Crippen LogP contribution in [0.25, 0.3) is 0 Å². The van der Waals surface area contributed by atoms with Crippen LogP contribution in [0.15, 0.2) is 34.8 Å². The highest BCUT2D eigenvalue weighted by atomic mass is 127. The number of hydrogen-bond acceptors (Lipinski definition) is 3. The molecule has 1 heterocycles. The first-order valence-electron chi connectivity index (χ1n) is 9.02. The molecule has 0 fully saturated rings. The van der Waals surface area contributed by atoms with Crippen LogP contribution in [0.3, 0.4) is 0 Å². The van der Waals surface area contributed by atoms with Crippen LogP contribution in [-0.4, -0.2) is 38.1 Å². The maximum Gasteiger partial charge on any atom is 0.191 e. The number of aliphatic imine (C=N–C) groups is 1. The summed E-state index contributed by atoms with van der Waals surface area (Å²) in [5.74, 6) is 1.83. The maximum atomic E-state index is 4.66. The second-order valence-electron chi connectivity index (χ2n) is 6.36. The molecule has 0 bridgehead atoms. The van der Waals surface area contributed by atoms with Gasteiger partial charge in [-0.15, -0.1) is 24.0 Å². The summed E-state index contributed by atoms with van der Waals surface area (Å²) in [5.41, 5.74) is 2.57. The van der Waals surface area contributed by atoms with Gasteiger partial charge in [-0.2, -0.15) is 0 Å². The summed E-state index contributed by atoms with van der Waals surface area (Å²) in [6.07, 6.45) is 8.71. The van der Waals surface area contributed by atoms with Gasteiger partial charge in [-0.1, -0.05) is 17.7 Å². The lowest BCUT2D eigenvalue weighted by atomic mass is 9.97. The first-order valence-corrected chi connectivity index (χ1v) is 9.02. The number of guanidine groups is 1. The number of pyridine rings is 1. The molecule has 0 amide bonds. The molecule has 0 saturated heterocycles. The van der Waals surface area contributed by atoms with Gasteiger partial charge in [0, 0.05) is 27.2 Å². The Morgan fingerprint density at radius 1 is 1.24 bits per heavy atom. The molecule has 0 aliphatic heterocycles. The standard InChI is InChI=1S/C19H31N5.HI/c1-4-20-19(21-14-13-16-9-6-5-7-10-16)22-15-17-11-8-12-18(23-17)24(2)3;/h8-9,11-12H,4-7,10,13-15H2,1-3H3,(H2,20,21,22);1H. The van der Waals surface area contributed by atoms with Crippen molar-refractivity contribution in [2.24, 2.45) is 4.99 Å². The Kier molecular flexibility index (Phi) is 10.5. The minimum atomic E-state index is 0. The van der Waals surface area contributed by atoms with Crippen molar-refractivity contribution < 1.29 is 0 Å². The van der Waals surface area contributed by atoms with Crippen LogP contribution < -0.4 is 15.5 Å². The lowest BCUT2D eigenvalue weighted by Gasteiger charge is -2.15. The van der Waals surface area contributed by atoms with Gasteiger partial charge in [-0.05, 0) is 51.2 Å². The normalized spacial score (nSPS) is 14.4. The van der Waals surface area contributed by atoms with E-state index in [9.17, 15) is 0 Å². The molecule has 0 atom stereocenters. The van der Waals surface area contributed by atoms with Gasteiger partial charge in [0.1, 0.15) is 5.82 Å². The molecule has 0 unspecified atom stereocenters. The fourth-order valence-corrected chi connectivity index (χ4v) is 2.78. The van der Waals surface area contributed by atoms with Crippen LogP contribution in [0.4, 0.5) is 5.82 Å². The molecule has 1 aromatic rings. The van der Waals surface area contributed by atoms with Crippen LogP contribution in [-0.2, 0) is 6.54 Å². The van der Waals surface area contributed by atoms with Crippen molar-refractivity contribution in [3.8, 4) is 0 Å². The molecule has 0 spiro atoms. The van der Waals surface area contributed by atoms with Crippen molar-refractivity contribution in [1.82, 2.24) is 15.6 Å². The third kappa shape index (κ3) is 8.07. The summed E-state index contributed by atoms with van der Waals surface area (Å²) in [6, 6.07) is 6.06. The fourth-order valence-electron chi connectivity index (χ4n) is 2.78. The van der Waals surface area contributed by atoms with E-state index in [0.29, 0.717) is 6.54 Å². The number of nitrogens with one attached hydrogen (secondary N) is 2. The smallest absolute Gasteiger partial charge is 0.191 e. The molecule has 1 aromatic heterocycles. The minimum absolute atomic E-state index is 0. The zero-order valence-electron chi connectivity index (χ0n) is 15.7. The Bertz CT molecular complexity index is 569. The van der Waals surface area contributed by atoms with E-state index in [1.807, 2.05) is 37.2 Å². The highest BCUT2D eigenvalue weighted by Gasteiger charge is 2.04. The Morgan fingerprint density at radius 2 is 2.08 bits per heavy atom. The zero-order chi connectivity index (χ0) is 17.2. The molecule has 2 N–H and O–H groups in total. The van der Waals surface area contributed by atoms with Gasteiger partial charge < -0.3 is 15.5 Å². The fraction of sp³-hybridized carbons (Fsp3) is 0.579. The topological polar surface area (TPSA) is 52.6 Å². The Morgan fingerprint density at radius 3 is 2.76 bits per heavy atom. The molecule has 0 aromatic carbocycles. The third-order valence-corrected chi connectivity index (χ3v) is 4.12. The van der Waals surface area contributed by atoms with E-state index in [1.165, 1.54) is 25.7 Å². The van der Waals surface area contributed by atoms with Crippen LogP contribution in [0.5, 0.6) is 0 Å². The van der Waals surface area contributed by atoms with Crippen molar-refractivity contribution in [3.05, 3.63) is 35.5 Å². The van der Waals surface area contributed by atoms with E-state index >= 15 is 0 Å². The lowest BCUT2D eigenvalue weighted by Crippen LogP contribution is -2.37. The van der Waals surface area contributed by atoms with Crippen LogP contribution >= 0.6 is 24.0 Å². The summed E-state index contributed by atoms with van der Waals surface area (Å²) < 4.78 is 0. The van der Waals surface area contributed by atoms with E-state index in [-0.39, 0.29) is 24.0 Å². The minimum Gasteiger partial charge on any atom is -0.363 e. The number of halogens is 1. The van der Waals surface area contributed by atoms with Crippen LogP contribution in [0.1, 0.15) is 44.7 Å². The van der Waals surface area contributed by atoms with Crippen molar-refractivity contribution in [3.63, 3.8) is 0 Å². The van der Waals surface area contributed by atoms with Crippen molar-refractivity contribution in [2.45, 2.75) is 45.6 Å². The first-order chi connectivity index (χ1) is 11.7. The SMILES string of the molecule is CCNC(=NCc1cccc(N(C)C)n1)NCCC1=CCCCC1.I. The zero-order valence-corrected chi connectivity index (χ0v) is 18.0. The summed E-state index contributed by atoms with van der Waals surface area (Å²) in [6.45, 7) is 4.47. The number of anilines is 1. The predicted octanol–water partition coefficient (Wildman–Crippen LogP) is 3.71. The van der Waals surface area contributed by atoms with E-state index < -0.39 is 0 Å². The molecule has 0 saturated carbocycles. The van der Waals surface area contributed by atoms with Crippen molar-refractivity contribution >= 4 is 35.8 Å². The van der Waals surface area contributed by atoms with E-state index in [4.69, 9.17) is 0 Å². The van der Waals surface area contributed by atoms with Gasteiger partial charge in [-0.3, -0.25) is 0 Å². The number of aromatic nitrogens is 1. The van der Waals surface area contributed by atoms with Gasteiger partial charge in [0.25, 0.3) is 0 Å². The molecule has 25 heavy (non-hydrogen) atoms. The van der Waals surface area contributed by atoms with E-state index in [0.717, 1.165) is 37.0 Å². The number of hydrogen-bond donors (Lipinski definition) is 2. The van der Waals surface area contributed by atoms with E-state index in [2.05, 4.69) is 33.6 Å². The second-order valence-corrected chi connectivity index (χ2v) is 6.36. The number of rotatable bonds is 7. The monoisotopic (exact) mass is 457 g/mol. The summed E-state index contributed by atoms with van der Waals surface area (Å²) in [7, 11) is 4.00. The average Bonchev–Trinajstić information content (AvgIpc) is 2.61. The second kappa shape index (κ2) is 12.1. The average molecular weight is 457 g/mol. The molecule has 6 heteroatoms. The summed E-state index contributed by atoms with van der Waals surface area (Å²) in [5, 5.41) is 6.74. The summed E-state index contributed by atoms with van der Waals surface area (Å²) in [4.78, 5) is 11.3. The molecule has 2 rings (SSSR count). The van der Waals surface area contributed by atoms with Gasteiger partial charge in [0.15, 0.2) is 5.96 Å². The van der Waals surface area contributed by atoms with Gasteiger partial charge in [0.05, 0.1) is 12.2 Å². The Balaban J connectivity index is 0.00000312. The maximum absolute atomic E-state index is 4.66. The molecular formula is C19H32IN5. The van der Waals surface area contributed by atoms with Crippen molar-refractivity contribution in [1.29, 1.82) is 0 Å². The van der Waals surface area contributed by atoms with Gasteiger partial charge >= 0.3 is 0 Å². The molecule has 5 nitrogen and oxygen atoms in total. The molecule has 0 radical (unpaired) electrons. The van der Waals surface area contributed by atoms with Gasteiger partial charge in [0.2, 0.25) is 0 Å². The molecule has 1 aliphatic carbocycles.